The van der Waals surface area contributed by atoms with Gasteiger partial charge >= 0.3 is 5.97 Å². The molecule has 0 bridgehead atoms. The van der Waals surface area contributed by atoms with Gasteiger partial charge in [0, 0.05) is 36.8 Å². The number of likely N-dealkylation sites (tertiary alicyclic amines) is 2. The number of piperidine rings is 2. The maximum absolute atomic E-state index is 12.9. The van der Waals surface area contributed by atoms with Crippen LogP contribution in [-0.4, -0.2) is 60.9 Å². The Hall–Kier alpha value is -2.08. The second kappa shape index (κ2) is 8.74. The van der Waals surface area contributed by atoms with E-state index in [1.165, 1.54) is 7.11 Å². The van der Waals surface area contributed by atoms with Gasteiger partial charge in [0.2, 0.25) is 5.91 Å². The van der Waals surface area contributed by atoms with Crippen molar-refractivity contribution in [1.82, 2.24) is 9.80 Å². The van der Waals surface area contributed by atoms with E-state index in [1.807, 2.05) is 4.90 Å². The summed E-state index contributed by atoms with van der Waals surface area (Å²) in [6, 6.07) is 6.83. The van der Waals surface area contributed by atoms with Crippen molar-refractivity contribution in [2.24, 2.45) is 11.8 Å². The number of halogens is 1. The van der Waals surface area contributed by atoms with E-state index in [-0.39, 0.29) is 29.6 Å². The van der Waals surface area contributed by atoms with E-state index in [4.69, 9.17) is 16.3 Å². The number of carbonyl (C=O) groups is 3. The summed E-state index contributed by atoms with van der Waals surface area (Å²) in [7, 11) is 1.40. The molecular weight excluding hydrogens is 368 g/mol. The van der Waals surface area contributed by atoms with Crippen LogP contribution in [0.1, 0.15) is 36.0 Å². The van der Waals surface area contributed by atoms with E-state index < -0.39 is 0 Å². The van der Waals surface area contributed by atoms with Crippen LogP contribution in [0.2, 0.25) is 5.02 Å². The molecule has 0 aliphatic carbocycles. The Balaban J connectivity index is 1.57. The van der Waals surface area contributed by atoms with Crippen LogP contribution in [0.25, 0.3) is 0 Å². The maximum Gasteiger partial charge on any atom is 0.308 e. The molecule has 2 aliphatic rings. The highest BCUT2D eigenvalue weighted by molar-refractivity contribution is 6.30. The summed E-state index contributed by atoms with van der Waals surface area (Å²) in [6.45, 7) is 2.24. The van der Waals surface area contributed by atoms with Gasteiger partial charge in [-0.1, -0.05) is 11.6 Å². The number of hydrogen-bond donors (Lipinski definition) is 0. The number of nitrogens with zero attached hydrogens (tertiary/aromatic N) is 2. The van der Waals surface area contributed by atoms with Crippen molar-refractivity contribution in [2.75, 3.05) is 33.3 Å². The zero-order valence-electron chi connectivity index (χ0n) is 15.5. The first-order valence-corrected chi connectivity index (χ1v) is 9.79. The zero-order chi connectivity index (χ0) is 19.4. The van der Waals surface area contributed by atoms with Gasteiger partial charge in [0.25, 0.3) is 5.91 Å². The molecule has 27 heavy (non-hydrogen) atoms. The Morgan fingerprint density at radius 2 is 1.63 bits per heavy atom. The normalized spacial score (nSPS) is 21.0. The average Bonchev–Trinajstić information content (AvgIpc) is 2.73. The van der Waals surface area contributed by atoms with Crippen LogP contribution in [0.4, 0.5) is 0 Å². The van der Waals surface area contributed by atoms with Crippen molar-refractivity contribution in [1.29, 1.82) is 0 Å². The molecule has 1 unspecified atom stereocenters. The third-order valence-corrected chi connectivity index (χ3v) is 5.74. The van der Waals surface area contributed by atoms with Gasteiger partial charge in [-0.15, -0.1) is 0 Å². The van der Waals surface area contributed by atoms with Crippen LogP contribution in [0, 0.1) is 11.8 Å². The molecule has 6 nitrogen and oxygen atoms in total. The number of methoxy groups -OCH3 is 1. The molecule has 0 spiro atoms. The summed E-state index contributed by atoms with van der Waals surface area (Å²) in [5, 5.41) is 0.591. The van der Waals surface area contributed by atoms with E-state index in [0.29, 0.717) is 49.6 Å². The SMILES string of the molecule is COC(=O)C1CCN(C(=O)C2CCCN(C(=O)c3ccc(Cl)cc3)C2)CC1. The molecule has 0 aromatic heterocycles. The molecule has 1 atom stereocenters. The number of carbonyl (C=O) groups excluding carboxylic acids is 3. The molecule has 2 heterocycles. The van der Waals surface area contributed by atoms with Crippen LogP contribution < -0.4 is 0 Å². The van der Waals surface area contributed by atoms with Crippen molar-refractivity contribution >= 4 is 29.4 Å². The summed E-state index contributed by atoms with van der Waals surface area (Å²) in [5.41, 5.74) is 0.589. The predicted molar refractivity (Wildman–Crippen MR) is 101 cm³/mol. The molecule has 2 fully saturated rings. The summed E-state index contributed by atoms with van der Waals surface area (Å²) < 4.78 is 4.80. The third-order valence-electron chi connectivity index (χ3n) is 5.49. The molecule has 0 N–H and O–H groups in total. The van der Waals surface area contributed by atoms with Crippen LogP contribution >= 0.6 is 11.6 Å². The first-order chi connectivity index (χ1) is 13.0. The average molecular weight is 393 g/mol. The van der Waals surface area contributed by atoms with Crippen molar-refractivity contribution < 1.29 is 19.1 Å². The van der Waals surface area contributed by atoms with Gasteiger partial charge in [-0.05, 0) is 49.9 Å². The molecule has 2 aliphatic heterocycles. The van der Waals surface area contributed by atoms with Gasteiger partial charge in [0.15, 0.2) is 0 Å². The number of rotatable bonds is 3. The van der Waals surface area contributed by atoms with Gasteiger partial charge in [-0.2, -0.15) is 0 Å². The zero-order valence-corrected chi connectivity index (χ0v) is 16.3. The Kier molecular flexibility index (Phi) is 6.37. The van der Waals surface area contributed by atoms with E-state index in [2.05, 4.69) is 0 Å². The molecule has 2 saturated heterocycles. The minimum atomic E-state index is -0.195. The number of hydrogen-bond acceptors (Lipinski definition) is 4. The lowest BCUT2D eigenvalue weighted by Crippen LogP contribution is -2.49. The molecule has 7 heteroatoms. The van der Waals surface area contributed by atoms with E-state index in [9.17, 15) is 14.4 Å². The predicted octanol–water partition coefficient (Wildman–Crippen LogP) is 2.60. The van der Waals surface area contributed by atoms with Crippen LogP contribution in [0.3, 0.4) is 0 Å². The molecular formula is C20H25ClN2O4. The fourth-order valence-corrected chi connectivity index (χ4v) is 4.02. The number of ether oxygens (including phenoxy) is 1. The second-order valence-corrected chi connectivity index (χ2v) is 7.66. The Bertz CT molecular complexity index is 698. The Morgan fingerprint density at radius 3 is 2.26 bits per heavy atom. The lowest BCUT2D eigenvalue weighted by atomic mass is 9.92. The van der Waals surface area contributed by atoms with Gasteiger partial charge in [-0.3, -0.25) is 14.4 Å². The molecule has 0 radical (unpaired) electrons. The first-order valence-electron chi connectivity index (χ1n) is 9.41. The summed E-state index contributed by atoms with van der Waals surface area (Å²) >= 11 is 5.89. The van der Waals surface area contributed by atoms with E-state index in [1.54, 1.807) is 29.2 Å². The van der Waals surface area contributed by atoms with Crippen molar-refractivity contribution in [2.45, 2.75) is 25.7 Å². The standard InChI is InChI=1S/C20H25ClN2O4/c1-27-20(26)15-8-11-22(12-9-15)19(25)16-3-2-10-23(13-16)18(24)14-4-6-17(21)7-5-14/h4-7,15-16H,2-3,8-13H2,1H3. The number of esters is 1. The molecule has 3 rings (SSSR count). The van der Waals surface area contributed by atoms with Crippen molar-refractivity contribution in [3.63, 3.8) is 0 Å². The molecule has 2 amide bonds. The van der Waals surface area contributed by atoms with Gasteiger partial charge in [0.1, 0.15) is 0 Å². The Labute approximate surface area is 164 Å². The highest BCUT2D eigenvalue weighted by Crippen LogP contribution is 2.25. The van der Waals surface area contributed by atoms with Gasteiger partial charge in [-0.25, -0.2) is 0 Å². The lowest BCUT2D eigenvalue weighted by molar-refractivity contribution is -0.150. The number of amides is 2. The molecule has 0 saturated carbocycles. The summed E-state index contributed by atoms with van der Waals surface area (Å²) in [4.78, 5) is 40.9. The minimum Gasteiger partial charge on any atom is -0.469 e. The van der Waals surface area contributed by atoms with Gasteiger partial charge < -0.3 is 14.5 Å². The van der Waals surface area contributed by atoms with Crippen LogP contribution in [0.5, 0.6) is 0 Å². The lowest BCUT2D eigenvalue weighted by Gasteiger charge is -2.37. The molecule has 1 aromatic rings. The third kappa shape index (κ3) is 4.61. The first kappa shape index (κ1) is 19.7. The van der Waals surface area contributed by atoms with Crippen LogP contribution in [0.15, 0.2) is 24.3 Å². The smallest absolute Gasteiger partial charge is 0.308 e. The van der Waals surface area contributed by atoms with E-state index in [0.717, 1.165) is 12.8 Å². The fourth-order valence-electron chi connectivity index (χ4n) is 3.90. The molecule has 146 valence electrons. The fraction of sp³-hybridized carbons (Fsp3) is 0.550. The maximum atomic E-state index is 12.9. The summed E-state index contributed by atoms with van der Waals surface area (Å²) in [6.07, 6.45) is 2.88. The molecule has 1 aromatic carbocycles. The highest BCUT2D eigenvalue weighted by atomic mass is 35.5. The highest BCUT2D eigenvalue weighted by Gasteiger charge is 2.34. The minimum absolute atomic E-state index is 0.0615. The van der Waals surface area contributed by atoms with Crippen molar-refractivity contribution in [3.05, 3.63) is 34.9 Å². The Morgan fingerprint density at radius 1 is 0.963 bits per heavy atom. The number of benzene rings is 1. The van der Waals surface area contributed by atoms with Gasteiger partial charge in [0.05, 0.1) is 18.9 Å². The van der Waals surface area contributed by atoms with E-state index >= 15 is 0 Å². The van der Waals surface area contributed by atoms with Crippen molar-refractivity contribution in [3.8, 4) is 0 Å². The second-order valence-electron chi connectivity index (χ2n) is 7.22. The van der Waals surface area contributed by atoms with Crippen LogP contribution in [-0.2, 0) is 14.3 Å². The summed E-state index contributed by atoms with van der Waals surface area (Å²) in [5.74, 6) is -0.460. The topological polar surface area (TPSA) is 66.9 Å². The monoisotopic (exact) mass is 392 g/mol. The largest absolute Gasteiger partial charge is 0.469 e. The quantitative estimate of drug-likeness (QED) is 0.741.